The Labute approximate surface area is 132 Å². The van der Waals surface area contributed by atoms with Crippen LogP contribution in [-0.4, -0.2) is 22.4 Å². The topological polar surface area (TPSA) is 40.5 Å². The van der Waals surface area contributed by atoms with Gasteiger partial charge in [0, 0.05) is 0 Å². The smallest absolute Gasteiger partial charge is 0.0571 e. The van der Waals surface area contributed by atoms with Gasteiger partial charge in [0.15, 0.2) is 0 Å². The molecule has 0 aromatic rings. The molecule has 0 spiro atoms. The summed E-state index contributed by atoms with van der Waals surface area (Å²) in [5, 5.41) is 20.1. The molecule has 126 valence electrons. The molecule has 1 aliphatic rings. The highest BCUT2D eigenvalue weighted by Crippen LogP contribution is 2.33. The molecule has 0 aromatic carbocycles. The number of unbranched alkanes of at least 4 members (excludes halogenated alkanes) is 1. The van der Waals surface area contributed by atoms with E-state index < -0.39 is 0 Å². The van der Waals surface area contributed by atoms with Gasteiger partial charge in [0.25, 0.3) is 0 Å². The maximum Gasteiger partial charge on any atom is 0.0571 e. The Morgan fingerprint density at radius 1 is 0.905 bits per heavy atom. The first kappa shape index (κ1) is 19.0. The first-order valence-corrected chi connectivity index (χ1v) is 9.42. The van der Waals surface area contributed by atoms with Crippen LogP contribution in [0, 0.1) is 17.8 Å². The highest BCUT2D eigenvalue weighted by atomic mass is 16.3. The zero-order valence-electron chi connectivity index (χ0n) is 14.6. The van der Waals surface area contributed by atoms with Gasteiger partial charge in [-0.25, -0.2) is 0 Å². The lowest BCUT2D eigenvalue weighted by atomic mass is 9.77. The van der Waals surface area contributed by atoms with Crippen LogP contribution in [0.25, 0.3) is 0 Å². The van der Waals surface area contributed by atoms with Crippen molar-refractivity contribution in [1.82, 2.24) is 0 Å². The fourth-order valence-electron chi connectivity index (χ4n) is 3.71. The van der Waals surface area contributed by atoms with Gasteiger partial charge in [-0.05, 0) is 49.9 Å². The Bertz CT molecular complexity index is 246. The molecule has 0 aliphatic heterocycles. The lowest BCUT2D eigenvalue weighted by Crippen LogP contribution is -2.27. The Kier molecular flexibility index (Phi) is 9.59. The Balaban J connectivity index is 2.20. The van der Waals surface area contributed by atoms with Gasteiger partial charge in [0.2, 0.25) is 0 Å². The molecule has 1 rings (SSSR count). The molecule has 1 saturated carbocycles. The van der Waals surface area contributed by atoms with Crippen LogP contribution in [-0.2, 0) is 0 Å². The van der Waals surface area contributed by atoms with E-state index in [4.69, 9.17) is 0 Å². The predicted octanol–water partition coefficient (Wildman–Crippen LogP) is 4.92. The average molecular weight is 299 g/mol. The Morgan fingerprint density at radius 3 is 2.10 bits per heavy atom. The van der Waals surface area contributed by atoms with Crippen molar-refractivity contribution in [3.63, 3.8) is 0 Å². The zero-order chi connectivity index (χ0) is 15.7. The molecular weight excluding hydrogens is 260 g/mol. The maximum atomic E-state index is 10.5. The summed E-state index contributed by atoms with van der Waals surface area (Å²) in [4.78, 5) is 0. The summed E-state index contributed by atoms with van der Waals surface area (Å²) in [6.07, 6.45) is 12.4. The van der Waals surface area contributed by atoms with Crippen LogP contribution in [0.4, 0.5) is 0 Å². The lowest BCUT2D eigenvalue weighted by molar-refractivity contribution is 0.0524. The molecule has 1 unspecified atom stereocenters. The van der Waals surface area contributed by atoms with E-state index >= 15 is 0 Å². The minimum Gasteiger partial charge on any atom is -0.393 e. The van der Waals surface area contributed by atoms with Gasteiger partial charge >= 0.3 is 0 Å². The van der Waals surface area contributed by atoms with E-state index in [0.29, 0.717) is 11.8 Å². The van der Waals surface area contributed by atoms with Crippen LogP contribution >= 0.6 is 0 Å². The van der Waals surface area contributed by atoms with Crippen LogP contribution in [0.3, 0.4) is 0 Å². The van der Waals surface area contributed by atoms with Crippen molar-refractivity contribution in [2.45, 2.75) is 104 Å². The fourth-order valence-corrected chi connectivity index (χ4v) is 3.71. The first-order valence-electron chi connectivity index (χ1n) is 9.42. The molecule has 2 nitrogen and oxygen atoms in total. The highest BCUT2D eigenvalue weighted by molar-refractivity contribution is 4.77. The summed E-state index contributed by atoms with van der Waals surface area (Å²) in [7, 11) is 0. The largest absolute Gasteiger partial charge is 0.393 e. The van der Waals surface area contributed by atoms with Crippen LogP contribution in [0.2, 0.25) is 0 Å². The fraction of sp³-hybridized carbons (Fsp3) is 1.00. The van der Waals surface area contributed by atoms with Crippen molar-refractivity contribution < 1.29 is 10.2 Å². The van der Waals surface area contributed by atoms with E-state index in [0.717, 1.165) is 31.6 Å². The molecule has 1 aliphatic carbocycles. The van der Waals surface area contributed by atoms with Crippen molar-refractivity contribution in [2.75, 3.05) is 0 Å². The zero-order valence-corrected chi connectivity index (χ0v) is 14.6. The Morgan fingerprint density at radius 2 is 1.52 bits per heavy atom. The summed E-state index contributed by atoms with van der Waals surface area (Å²) in [6, 6.07) is 0. The minimum absolute atomic E-state index is 0.0799. The number of aliphatic hydroxyl groups excluding tert-OH is 2. The molecule has 0 saturated heterocycles. The van der Waals surface area contributed by atoms with Crippen LogP contribution < -0.4 is 0 Å². The van der Waals surface area contributed by atoms with E-state index in [9.17, 15) is 10.2 Å². The van der Waals surface area contributed by atoms with E-state index in [1.807, 2.05) is 6.92 Å². The molecule has 3 atom stereocenters. The third-order valence-corrected chi connectivity index (χ3v) is 5.63. The van der Waals surface area contributed by atoms with E-state index in [1.165, 1.54) is 44.9 Å². The summed E-state index contributed by atoms with van der Waals surface area (Å²) >= 11 is 0. The second kappa shape index (κ2) is 10.6. The maximum absolute atomic E-state index is 10.5. The molecule has 0 heterocycles. The summed E-state index contributed by atoms with van der Waals surface area (Å²) in [5.74, 6) is 2.08. The summed E-state index contributed by atoms with van der Waals surface area (Å²) in [6.45, 7) is 6.63. The molecule has 0 radical (unpaired) electrons. The van der Waals surface area contributed by atoms with Crippen molar-refractivity contribution >= 4 is 0 Å². The third kappa shape index (κ3) is 7.65. The van der Waals surface area contributed by atoms with Crippen molar-refractivity contribution in [1.29, 1.82) is 0 Å². The van der Waals surface area contributed by atoms with Crippen molar-refractivity contribution in [3.05, 3.63) is 0 Å². The molecule has 0 amide bonds. The normalized spacial score (nSPS) is 27.3. The van der Waals surface area contributed by atoms with Gasteiger partial charge < -0.3 is 10.2 Å². The van der Waals surface area contributed by atoms with Gasteiger partial charge in [-0.3, -0.25) is 0 Å². The predicted molar refractivity (Wildman–Crippen MR) is 90.3 cm³/mol. The number of rotatable bonds is 10. The quantitative estimate of drug-likeness (QED) is 0.562. The summed E-state index contributed by atoms with van der Waals surface area (Å²) in [5.41, 5.74) is 0. The second-order valence-corrected chi connectivity index (χ2v) is 7.44. The molecule has 1 fully saturated rings. The standard InChI is InChI=1S/C19H38O2/c1-4-16(8-6-7-9-18(20)5-2)14-19(21)17-12-10-15(3)11-13-17/h15-21H,4-14H2,1-3H3/t15?,16-,17?,18+,19?/m0/s1. The first-order chi connectivity index (χ1) is 10.1. The molecule has 21 heavy (non-hydrogen) atoms. The Hall–Kier alpha value is -0.0800. The monoisotopic (exact) mass is 298 g/mol. The number of hydrogen-bond donors (Lipinski definition) is 2. The molecule has 2 heteroatoms. The van der Waals surface area contributed by atoms with Gasteiger partial charge in [-0.1, -0.05) is 59.3 Å². The van der Waals surface area contributed by atoms with E-state index in [-0.39, 0.29) is 12.2 Å². The van der Waals surface area contributed by atoms with Crippen LogP contribution in [0.15, 0.2) is 0 Å². The van der Waals surface area contributed by atoms with Gasteiger partial charge in [0.1, 0.15) is 0 Å². The molecule has 0 bridgehead atoms. The van der Waals surface area contributed by atoms with Gasteiger partial charge in [-0.2, -0.15) is 0 Å². The van der Waals surface area contributed by atoms with E-state index in [2.05, 4.69) is 13.8 Å². The third-order valence-electron chi connectivity index (χ3n) is 5.63. The highest BCUT2D eigenvalue weighted by Gasteiger charge is 2.26. The van der Waals surface area contributed by atoms with E-state index in [1.54, 1.807) is 0 Å². The molecular formula is C19H38O2. The number of aliphatic hydroxyl groups is 2. The minimum atomic E-state index is -0.111. The lowest BCUT2D eigenvalue weighted by Gasteiger charge is -2.31. The van der Waals surface area contributed by atoms with Crippen LogP contribution in [0.5, 0.6) is 0 Å². The van der Waals surface area contributed by atoms with Crippen LogP contribution in [0.1, 0.15) is 91.4 Å². The SMILES string of the molecule is CC[C@@H](O)CCCC[C@H](CC)CC(O)C1CCC(C)CC1. The molecule has 2 N–H and O–H groups in total. The van der Waals surface area contributed by atoms with Crippen molar-refractivity contribution in [3.8, 4) is 0 Å². The van der Waals surface area contributed by atoms with Crippen molar-refractivity contribution in [2.24, 2.45) is 17.8 Å². The number of hydrogen-bond acceptors (Lipinski definition) is 2. The average Bonchev–Trinajstić information content (AvgIpc) is 2.50. The molecule has 0 aromatic heterocycles. The van der Waals surface area contributed by atoms with Gasteiger partial charge in [-0.15, -0.1) is 0 Å². The summed E-state index contributed by atoms with van der Waals surface area (Å²) < 4.78 is 0. The van der Waals surface area contributed by atoms with Gasteiger partial charge in [0.05, 0.1) is 12.2 Å². The second-order valence-electron chi connectivity index (χ2n) is 7.44.